The van der Waals surface area contributed by atoms with E-state index in [2.05, 4.69) is 10.3 Å². The van der Waals surface area contributed by atoms with Crippen molar-refractivity contribution in [2.45, 2.75) is 32.8 Å². The van der Waals surface area contributed by atoms with Gasteiger partial charge in [0.25, 0.3) is 0 Å². The lowest BCUT2D eigenvalue weighted by Gasteiger charge is -2.18. The number of ether oxygens (including phenoxy) is 1. The van der Waals surface area contributed by atoms with E-state index in [4.69, 9.17) is 22.1 Å². The zero-order valence-corrected chi connectivity index (χ0v) is 20.0. The minimum Gasteiger partial charge on any atom is -0.444 e. The van der Waals surface area contributed by atoms with Crippen molar-refractivity contribution in [3.63, 3.8) is 0 Å². The number of nitrogens with two attached hydrogens (primary N) is 1. The topological polar surface area (TPSA) is 77.2 Å². The molecule has 0 radical (unpaired) electrons. The van der Waals surface area contributed by atoms with Gasteiger partial charge in [-0.3, -0.25) is 5.32 Å². The monoisotopic (exact) mass is 483 g/mol. The molecule has 4 rings (SSSR count). The first kappa shape index (κ1) is 23.0. The van der Waals surface area contributed by atoms with E-state index in [1.54, 1.807) is 63.2 Å². The summed E-state index contributed by atoms with van der Waals surface area (Å²) in [5.74, 6) is -0.379. The fraction of sp³-hybridized carbons (Fsp3) is 0.200. The summed E-state index contributed by atoms with van der Waals surface area (Å²) in [4.78, 5) is 16.8. The fourth-order valence-electron chi connectivity index (χ4n) is 3.43. The summed E-state index contributed by atoms with van der Waals surface area (Å²) in [6.07, 6.45) is -0.240. The van der Waals surface area contributed by atoms with Crippen LogP contribution in [0.5, 0.6) is 0 Å². The molecular weight excluding hydrogens is 461 g/mol. The third-order valence-corrected chi connectivity index (χ3v) is 5.95. The third-order valence-electron chi connectivity index (χ3n) is 4.79. The summed E-state index contributed by atoms with van der Waals surface area (Å²) in [5, 5.41) is 3.47. The fourth-order valence-corrected chi connectivity index (χ4v) is 4.55. The first-order valence-corrected chi connectivity index (χ1v) is 11.5. The average molecular weight is 484 g/mol. The van der Waals surface area contributed by atoms with Crippen LogP contribution in [0.25, 0.3) is 21.3 Å². The Morgan fingerprint density at radius 2 is 1.91 bits per heavy atom. The molecule has 0 aliphatic heterocycles. The zero-order chi connectivity index (χ0) is 23.8. The minimum atomic E-state index is -0.648. The molecule has 3 N–H and O–H groups in total. The Bertz CT molecular complexity index is 1330. The number of nitrogens with one attached hydrogen (secondary N) is 1. The lowest BCUT2D eigenvalue weighted by atomic mass is 9.97. The van der Waals surface area contributed by atoms with Gasteiger partial charge < -0.3 is 10.5 Å². The van der Waals surface area contributed by atoms with Crippen LogP contribution >= 0.6 is 22.9 Å². The molecule has 4 aromatic rings. The molecule has 5 nitrogen and oxygen atoms in total. The smallest absolute Gasteiger partial charge is 0.413 e. The Balaban J connectivity index is 1.81. The first-order chi connectivity index (χ1) is 15.6. The average Bonchev–Trinajstić information content (AvgIpc) is 3.10. The number of carbonyl (C=O) groups is 1. The second kappa shape index (κ2) is 9.00. The van der Waals surface area contributed by atoms with Gasteiger partial charge in [0.05, 0.1) is 10.2 Å². The van der Waals surface area contributed by atoms with E-state index in [1.807, 2.05) is 12.1 Å². The minimum absolute atomic E-state index is 0.326. The lowest BCUT2D eigenvalue weighted by molar-refractivity contribution is 0.0636. The SMILES string of the molecule is CC(C)(C)OC(=O)Nc1nc2c(-c3cccc(Cl)c3)c(F)c(Cc3ccc(N)cc3)cc2s1. The second-order valence-corrected chi connectivity index (χ2v) is 10.1. The molecular formula is C25H23ClFN3O2S. The molecule has 0 saturated carbocycles. The highest BCUT2D eigenvalue weighted by molar-refractivity contribution is 7.22. The van der Waals surface area contributed by atoms with Crippen molar-refractivity contribution in [2.75, 3.05) is 11.1 Å². The van der Waals surface area contributed by atoms with Crippen LogP contribution in [0.1, 0.15) is 31.9 Å². The molecule has 8 heteroatoms. The molecule has 0 unspecified atom stereocenters. The van der Waals surface area contributed by atoms with Crippen molar-refractivity contribution in [3.8, 4) is 11.1 Å². The number of rotatable bonds is 4. The van der Waals surface area contributed by atoms with Gasteiger partial charge in [0, 0.05) is 22.7 Å². The Morgan fingerprint density at radius 1 is 1.18 bits per heavy atom. The Morgan fingerprint density at radius 3 is 2.58 bits per heavy atom. The molecule has 170 valence electrons. The molecule has 33 heavy (non-hydrogen) atoms. The van der Waals surface area contributed by atoms with Gasteiger partial charge in [-0.15, -0.1) is 0 Å². The standard InChI is InChI=1S/C25H23ClFN3O2S/c1-25(2,3)32-24(31)30-23-29-22-19(33-23)13-16(11-14-7-9-18(28)10-8-14)21(27)20(22)15-5-4-6-17(26)12-15/h4-10,12-13H,11,28H2,1-3H3,(H,29,30,31). The zero-order valence-electron chi connectivity index (χ0n) is 18.4. The van der Waals surface area contributed by atoms with E-state index in [9.17, 15) is 4.79 Å². The number of benzene rings is 3. The van der Waals surface area contributed by atoms with E-state index >= 15 is 4.39 Å². The van der Waals surface area contributed by atoms with E-state index in [0.717, 1.165) is 10.3 Å². The highest BCUT2D eigenvalue weighted by atomic mass is 35.5. The van der Waals surface area contributed by atoms with Gasteiger partial charge in [0.2, 0.25) is 0 Å². The summed E-state index contributed by atoms with van der Waals surface area (Å²) in [7, 11) is 0. The van der Waals surface area contributed by atoms with Crippen molar-refractivity contribution in [3.05, 3.63) is 76.6 Å². The van der Waals surface area contributed by atoms with Gasteiger partial charge in [-0.1, -0.05) is 47.2 Å². The van der Waals surface area contributed by atoms with Crippen molar-refractivity contribution in [1.29, 1.82) is 0 Å². The molecule has 1 aromatic heterocycles. The largest absolute Gasteiger partial charge is 0.444 e. The van der Waals surface area contributed by atoms with Crippen molar-refractivity contribution in [1.82, 2.24) is 4.98 Å². The number of anilines is 2. The number of thiazole rings is 1. The number of nitrogen functional groups attached to an aromatic ring is 1. The second-order valence-electron chi connectivity index (χ2n) is 8.65. The quantitative estimate of drug-likeness (QED) is 0.299. The normalized spacial score (nSPS) is 11.5. The number of nitrogens with zero attached hydrogens (tertiary/aromatic N) is 1. The van der Waals surface area contributed by atoms with E-state index in [1.165, 1.54) is 11.3 Å². The molecule has 0 bridgehead atoms. The highest BCUT2D eigenvalue weighted by Gasteiger charge is 2.22. The number of amides is 1. The number of carbonyl (C=O) groups excluding carboxylic acids is 1. The summed E-state index contributed by atoms with van der Waals surface area (Å²) in [6, 6.07) is 16.1. The van der Waals surface area contributed by atoms with Gasteiger partial charge in [0.1, 0.15) is 11.4 Å². The predicted octanol–water partition coefficient (Wildman–Crippen LogP) is 7.28. The van der Waals surface area contributed by atoms with Crippen molar-refractivity contribution >= 4 is 50.1 Å². The van der Waals surface area contributed by atoms with Gasteiger partial charge in [-0.2, -0.15) is 0 Å². The molecule has 3 aromatic carbocycles. The van der Waals surface area contributed by atoms with Crippen LogP contribution in [-0.2, 0) is 11.2 Å². The summed E-state index contributed by atoms with van der Waals surface area (Å²) in [5.41, 5.74) is 8.62. The van der Waals surface area contributed by atoms with Gasteiger partial charge in [0.15, 0.2) is 5.13 Å². The van der Waals surface area contributed by atoms with Crippen LogP contribution in [0.2, 0.25) is 5.02 Å². The number of hydrogen-bond acceptors (Lipinski definition) is 5. The molecule has 0 saturated heterocycles. The van der Waals surface area contributed by atoms with E-state index < -0.39 is 11.7 Å². The maximum absolute atomic E-state index is 15.9. The van der Waals surface area contributed by atoms with E-state index in [0.29, 0.717) is 44.5 Å². The number of halogens is 2. The molecule has 1 heterocycles. The summed E-state index contributed by atoms with van der Waals surface area (Å²) in [6.45, 7) is 5.34. The van der Waals surface area contributed by atoms with Gasteiger partial charge in [-0.25, -0.2) is 14.2 Å². The maximum Gasteiger partial charge on any atom is 0.413 e. The van der Waals surface area contributed by atoms with Crippen LogP contribution in [0, 0.1) is 5.82 Å². The van der Waals surface area contributed by atoms with Crippen LogP contribution in [-0.4, -0.2) is 16.7 Å². The molecule has 0 aliphatic rings. The van der Waals surface area contributed by atoms with E-state index in [-0.39, 0.29) is 5.82 Å². The first-order valence-electron chi connectivity index (χ1n) is 10.3. The van der Waals surface area contributed by atoms with Crippen molar-refractivity contribution in [2.24, 2.45) is 0 Å². The number of fused-ring (bicyclic) bond motifs is 1. The molecule has 0 spiro atoms. The van der Waals surface area contributed by atoms with Crippen molar-refractivity contribution < 1.29 is 13.9 Å². The molecule has 0 atom stereocenters. The maximum atomic E-state index is 15.9. The Kier molecular flexibility index (Phi) is 6.28. The summed E-state index contributed by atoms with van der Waals surface area (Å²) < 4.78 is 21.9. The van der Waals surface area contributed by atoms with Crippen LogP contribution in [0.3, 0.4) is 0 Å². The Labute approximate surface area is 200 Å². The predicted molar refractivity (Wildman–Crippen MR) is 134 cm³/mol. The highest BCUT2D eigenvalue weighted by Crippen LogP contribution is 2.39. The molecule has 0 aliphatic carbocycles. The van der Waals surface area contributed by atoms with Crippen LogP contribution < -0.4 is 11.1 Å². The number of hydrogen-bond donors (Lipinski definition) is 2. The van der Waals surface area contributed by atoms with Crippen LogP contribution in [0.15, 0.2) is 54.6 Å². The van der Waals surface area contributed by atoms with Gasteiger partial charge >= 0.3 is 6.09 Å². The third kappa shape index (κ3) is 5.43. The Hall–Kier alpha value is -3.16. The number of aromatic nitrogens is 1. The van der Waals surface area contributed by atoms with Gasteiger partial charge in [-0.05, 0) is 67.8 Å². The van der Waals surface area contributed by atoms with Crippen LogP contribution in [0.4, 0.5) is 20.0 Å². The summed E-state index contributed by atoms with van der Waals surface area (Å²) >= 11 is 7.45. The lowest BCUT2D eigenvalue weighted by Crippen LogP contribution is -2.27. The molecule has 0 fully saturated rings. The molecule has 1 amide bonds.